The zero-order valence-corrected chi connectivity index (χ0v) is 18.3. The molecule has 6 heteroatoms. The molecule has 0 fully saturated rings. The van der Waals surface area contributed by atoms with Gasteiger partial charge in [0, 0.05) is 6.54 Å². The van der Waals surface area contributed by atoms with Crippen molar-refractivity contribution < 1.29 is 9.53 Å². The van der Waals surface area contributed by atoms with Gasteiger partial charge in [-0.25, -0.2) is 0 Å². The topological polar surface area (TPSA) is 117 Å². The number of ketones is 1. The number of guanidine groups is 1. The number of rotatable bonds is 10. The maximum Gasteiger partial charge on any atom is 0.185 e. The molecule has 0 aliphatic carbocycles. The Morgan fingerprint density at radius 3 is 1.84 bits per heavy atom. The lowest BCUT2D eigenvalue weighted by Gasteiger charge is -2.36. The van der Waals surface area contributed by atoms with E-state index in [9.17, 15) is 4.79 Å². The van der Waals surface area contributed by atoms with Gasteiger partial charge >= 0.3 is 0 Å². The molecule has 166 valence electrons. The van der Waals surface area contributed by atoms with Gasteiger partial charge in [-0.1, -0.05) is 72.8 Å². The quantitative estimate of drug-likeness (QED) is 0.198. The van der Waals surface area contributed by atoms with E-state index >= 15 is 0 Å². The minimum atomic E-state index is -1.07. The van der Waals surface area contributed by atoms with Gasteiger partial charge in [-0.3, -0.25) is 9.79 Å². The van der Waals surface area contributed by atoms with Crippen LogP contribution in [0.1, 0.15) is 29.5 Å². The van der Waals surface area contributed by atoms with Crippen molar-refractivity contribution in [2.75, 3.05) is 13.7 Å². The van der Waals surface area contributed by atoms with Gasteiger partial charge in [0.2, 0.25) is 0 Å². The predicted octanol–water partition coefficient (Wildman–Crippen LogP) is 2.98. The molecule has 0 unspecified atom stereocenters. The van der Waals surface area contributed by atoms with Crippen LogP contribution in [0.15, 0.2) is 89.9 Å². The Hall–Kier alpha value is -3.64. The van der Waals surface area contributed by atoms with Crippen LogP contribution in [-0.4, -0.2) is 31.4 Å². The SMILES string of the molecule is COc1ccc(C(C(=O)[C@@H](N)CCCN=C(N)N)(c2ccccc2)c2ccccc2)cc1. The highest BCUT2D eigenvalue weighted by Gasteiger charge is 2.45. The first-order valence-corrected chi connectivity index (χ1v) is 10.6. The van der Waals surface area contributed by atoms with Gasteiger partial charge in [-0.2, -0.15) is 0 Å². The van der Waals surface area contributed by atoms with Crippen molar-refractivity contribution in [1.82, 2.24) is 0 Å². The van der Waals surface area contributed by atoms with Crippen LogP contribution in [0.3, 0.4) is 0 Å². The first-order valence-electron chi connectivity index (χ1n) is 10.6. The Morgan fingerprint density at radius 1 is 0.875 bits per heavy atom. The number of hydrogen-bond acceptors (Lipinski definition) is 4. The smallest absolute Gasteiger partial charge is 0.185 e. The van der Waals surface area contributed by atoms with E-state index in [2.05, 4.69) is 4.99 Å². The standard InChI is InChI=1S/C26H30N4O2/c1-32-22-16-14-21(15-17-22)26(19-9-4-2-5-10-19,20-11-6-3-7-12-20)24(31)23(27)13-8-18-30-25(28)29/h2-7,9-12,14-17,23H,8,13,18,27H2,1H3,(H4,28,29,30)/t23-/m0/s1. The Kier molecular flexibility index (Phi) is 7.63. The van der Waals surface area contributed by atoms with Gasteiger partial charge in [0.25, 0.3) is 0 Å². The molecule has 0 radical (unpaired) electrons. The van der Waals surface area contributed by atoms with Crippen molar-refractivity contribution in [3.63, 3.8) is 0 Å². The molecule has 32 heavy (non-hydrogen) atoms. The number of aliphatic imine (C=N–C) groups is 1. The van der Waals surface area contributed by atoms with Crippen molar-refractivity contribution >= 4 is 11.7 Å². The Balaban J connectivity index is 2.14. The molecule has 6 nitrogen and oxygen atoms in total. The van der Waals surface area contributed by atoms with Crippen LogP contribution in [-0.2, 0) is 10.2 Å². The fourth-order valence-corrected chi connectivity index (χ4v) is 4.07. The van der Waals surface area contributed by atoms with E-state index in [1.807, 2.05) is 84.9 Å². The van der Waals surface area contributed by atoms with Crippen LogP contribution in [0.5, 0.6) is 5.75 Å². The lowest BCUT2D eigenvalue weighted by Crippen LogP contribution is -2.48. The zero-order chi connectivity index (χ0) is 23.0. The number of benzene rings is 3. The van der Waals surface area contributed by atoms with Crippen molar-refractivity contribution in [3.8, 4) is 5.75 Å². The molecule has 1 atom stereocenters. The maximum absolute atomic E-state index is 14.2. The average molecular weight is 431 g/mol. The summed E-state index contributed by atoms with van der Waals surface area (Å²) in [6.45, 7) is 0.426. The van der Waals surface area contributed by atoms with E-state index in [1.165, 1.54) is 0 Å². The molecule has 6 N–H and O–H groups in total. The van der Waals surface area contributed by atoms with Crippen LogP contribution in [0.2, 0.25) is 0 Å². The number of carbonyl (C=O) groups excluding carboxylic acids is 1. The number of nitrogens with zero attached hydrogens (tertiary/aromatic N) is 1. The molecule has 0 spiro atoms. The van der Waals surface area contributed by atoms with Crippen LogP contribution in [0.25, 0.3) is 0 Å². The fraction of sp³-hybridized carbons (Fsp3) is 0.231. The summed E-state index contributed by atoms with van der Waals surface area (Å²) in [5.41, 5.74) is 18.8. The molecule has 0 amide bonds. The molecule has 0 aliphatic heterocycles. The molecule has 0 saturated carbocycles. The predicted molar refractivity (Wildman–Crippen MR) is 129 cm³/mol. The summed E-state index contributed by atoms with van der Waals surface area (Å²) in [4.78, 5) is 18.2. The molecule has 0 saturated heterocycles. The van der Waals surface area contributed by atoms with Crippen molar-refractivity contribution in [3.05, 3.63) is 102 Å². The summed E-state index contributed by atoms with van der Waals surface area (Å²) >= 11 is 0. The lowest BCUT2D eigenvalue weighted by molar-refractivity contribution is -0.123. The van der Waals surface area contributed by atoms with E-state index in [1.54, 1.807) is 7.11 Å². The number of hydrogen-bond donors (Lipinski definition) is 3. The van der Waals surface area contributed by atoms with E-state index in [-0.39, 0.29) is 11.7 Å². The fourth-order valence-electron chi connectivity index (χ4n) is 4.07. The van der Waals surface area contributed by atoms with Gasteiger partial charge in [0.1, 0.15) is 11.2 Å². The second-order valence-electron chi connectivity index (χ2n) is 7.63. The molecular weight excluding hydrogens is 400 g/mol. The monoisotopic (exact) mass is 430 g/mol. The maximum atomic E-state index is 14.2. The largest absolute Gasteiger partial charge is 0.497 e. The van der Waals surface area contributed by atoms with E-state index in [4.69, 9.17) is 21.9 Å². The first-order chi connectivity index (χ1) is 15.5. The highest BCUT2D eigenvalue weighted by atomic mass is 16.5. The molecule has 0 aromatic heterocycles. The molecule has 0 aliphatic rings. The van der Waals surface area contributed by atoms with Crippen molar-refractivity contribution in [2.24, 2.45) is 22.2 Å². The van der Waals surface area contributed by atoms with Crippen molar-refractivity contribution in [2.45, 2.75) is 24.3 Å². The lowest BCUT2D eigenvalue weighted by atomic mass is 9.65. The van der Waals surface area contributed by atoms with Gasteiger partial charge in [-0.05, 0) is 41.7 Å². The van der Waals surface area contributed by atoms with Gasteiger partial charge in [0.15, 0.2) is 11.7 Å². The normalized spacial score (nSPS) is 12.1. The van der Waals surface area contributed by atoms with Gasteiger partial charge < -0.3 is 21.9 Å². The van der Waals surface area contributed by atoms with Gasteiger partial charge in [0.05, 0.1) is 13.2 Å². The minimum Gasteiger partial charge on any atom is -0.497 e. The second-order valence-corrected chi connectivity index (χ2v) is 7.63. The number of ether oxygens (including phenoxy) is 1. The molecule has 0 bridgehead atoms. The third-order valence-electron chi connectivity index (χ3n) is 5.61. The second kappa shape index (κ2) is 10.6. The molecule has 3 rings (SSSR count). The third kappa shape index (κ3) is 4.81. The highest BCUT2D eigenvalue weighted by molar-refractivity contribution is 6.01. The first kappa shape index (κ1) is 23.0. The average Bonchev–Trinajstić information content (AvgIpc) is 2.83. The molecule has 3 aromatic rings. The summed E-state index contributed by atoms with van der Waals surface area (Å²) in [6, 6.07) is 26.4. The molecule has 0 heterocycles. The Labute approximate surface area is 189 Å². The van der Waals surface area contributed by atoms with Crippen LogP contribution in [0, 0.1) is 0 Å². The van der Waals surface area contributed by atoms with E-state index in [0.29, 0.717) is 19.4 Å². The molecule has 3 aromatic carbocycles. The van der Waals surface area contributed by atoms with Crippen LogP contribution >= 0.6 is 0 Å². The highest BCUT2D eigenvalue weighted by Crippen LogP contribution is 2.41. The number of carbonyl (C=O) groups is 1. The molecular formula is C26H30N4O2. The summed E-state index contributed by atoms with van der Waals surface area (Å²) < 4.78 is 5.34. The van der Waals surface area contributed by atoms with Crippen molar-refractivity contribution in [1.29, 1.82) is 0 Å². The number of Topliss-reactive ketones (excluding diaryl/α,β-unsaturated/α-hetero) is 1. The summed E-state index contributed by atoms with van der Waals surface area (Å²) in [5, 5.41) is 0. The summed E-state index contributed by atoms with van der Waals surface area (Å²) in [7, 11) is 1.62. The minimum absolute atomic E-state index is 0.0334. The van der Waals surface area contributed by atoms with E-state index in [0.717, 1.165) is 22.4 Å². The Bertz CT molecular complexity index is 991. The van der Waals surface area contributed by atoms with Crippen LogP contribution in [0.4, 0.5) is 0 Å². The van der Waals surface area contributed by atoms with Gasteiger partial charge in [-0.15, -0.1) is 0 Å². The zero-order valence-electron chi connectivity index (χ0n) is 18.3. The van der Waals surface area contributed by atoms with E-state index < -0.39 is 11.5 Å². The Morgan fingerprint density at radius 2 is 1.38 bits per heavy atom. The number of methoxy groups -OCH3 is 1. The summed E-state index contributed by atoms with van der Waals surface area (Å²) in [5.74, 6) is 0.675. The number of nitrogens with two attached hydrogens (primary N) is 3. The van der Waals surface area contributed by atoms with Crippen LogP contribution < -0.4 is 21.9 Å². The third-order valence-corrected chi connectivity index (χ3v) is 5.61. The summed E-state index contributed by atoms with van der Waals surface area (Å²) in [6.07, 6.45) is 1.07.